The largest absolute Gasteiger partial charge is 0.415 e. The van der Waals surface area contributed by atoms with Gasteiger partial charge in [0, 0.05) is 5.73 Å². The quantitative estimate of drug-likeness (QED) is 0.484. The molecule has 0 rings (SSSR count). The lowest BCUT2D eigenvalue weighted by Crippen LogP contribution is -2.33. The Morgan fingerprint density at radius 3 is 2.18 bits per heavy atom. The van der Waals surface area contributed by atoms with Crippen LogP contribution < -0.4 is 0 Å². The second-order valence-corrected chi connectivity index (χ2v) is 9.78. The van der Waals surface area contributed by atoms with Gasteiger partial charge in [0.05, 0.1) is 9.52 Å². The Morgan fingerprint density at radius 2 is 1.91 bits per heavy atom. The minimum Gasteiger partial charge on any atom is -0.415 e. The predicted octanol–water partition coefficient (Wildman–Crippen LogP) is 1.96. The number of rotatable bonds is 4. The Balaban J connectivity index is 3.88. The van der Waals surface area contributed by atoms with Gasteiger partial charge in [-0.3, -0.25) is 0 Å². The molecule has 0 aromatic rings. The van der Waals surface area contributed by atoms with Gasteiger partial charge in [0.25, 0.3) is 0 Å². The Hall–Kier alpha value is 0.134. The third kappa shape index (κ3) is 6.53. The molecule has 3 heteroatoms. The first kappa shape index (κ1) is 11.1. The van der Waals surface area contributed by atoms with Gasteiger partial charge in [-0.2, -0.15) is 0 Å². The molecule has 0 heterocycles. The molecule has 0 spiro atoms. The maximum absolute atomic E-state index is 5.94. The van der Waals surface area contributed by atoms with Crippen LogP contribution in [0.5, 0.6) is 0 Å². The van der Waals surface area contributed by atoms with Crippen LogP contribution in [0, 0.1) is 0 Å². The highest BCUT2D eigenvalue weighted by atomic mass is 28.4. The Kier molecular flexibility index (Phi) is 4.96. The summed E-state index contributed by atoms with van der Waals surface area (Å²) in [6.07, 6.45) is 4.30. The molecular weight excluding hydrogens is 168 g/mol. The highest BCUT2D eigenvalue weighted by molar-refractivity contribution is 6.70. The molecule has 0 saturated heterocycles. The van der Waals surface area contributed by atoms with E-state index in [9.17, 15) is 0 Å². The lowest BCUT2D eigenvalue weighted by Gasteiger charge is -2.22. The molecule has 66 valence electrons. The number of hydrogen-bond donors (Lipinski definition) is 0. The van der Waals surface area contributed by atoms with E-state index in [2.05, 4.69) is 45.3 Å². The highest BCUT2D eigenvalue weighted by Crippen LogP contribution is 2.07. The van der Waals surface area contributed by atoms with Gasteiger partial charge in [-0.05, 0) is 26.6 Å². The second-order valence-electron chi connectivity index (χ2n) is 3.70. The molecule has 0 bridgehead atoms. The molecule has 0 fully saturated rings. The van der Waals surface area contributed by atoms with Crippen molar-refractivity contribution in [2.24, 2.45) is 0 Å². The normalized spacial score (nSPS) is 16.8. The molecule has 1 atom stereocenters. The summed E-state index contributed by atoms with van der Waals surface area (Å²) in [5, 5.41) is 0. The van der Waals surface area contributed by atoms with E-state index in [1.807, 2.05) is 0 Å². The SMILES string of the molecule is CC=CC(O[Si](C)(C)C)[SiH2]C. The molecule has 0 amide bonds. The highest BCUT2D eigenvalue weighted by Gasteiger charge is 2.17. The van der Waals surface area contributed by atoms with Crippen molar-refractivity contribution in [2.75, 3.05) is 0 Å². The van der Waals surface area contributed by atoms with Gasteiger partial charge in [-0.1, -0.05) is 18.7 Å². The second kappa shape index (κ2) is 4.90. The van der Waals surface area contributed by atoms with Gasteiger partial charge in [0.2, 0.25) is 0 Å². The first-order chi connectivity index (χ1) is 4.99. The Labute approximate surface area is 73.8 Å². The van der Waals surface area contributed by atoms with Crippen LogP contribution in [-0.2, 0) is 4.43 Å². The van der Waals surface area contributed by atoms with Crippen LogP contribution >= 0.6 is 0 Å². The standard InChI is InChI=1S/C8H20OSi2/c1-6-7-8(10-2)9-11(3,4)5/h6-8H,10H2,1-5H3. The summed E-state index contributed by atoms with van der Waals surface area (Å²) < 4.78 is 5.94. The first-order valence-corrected chi connectivity index (χ1v) is 9.94. The molecule has 0 aliphatic heterocycles. The number of hydrogen-bond acceptors (Lipinski definition) is 1. The molecule has 11 heavy (non-hydrogen) atoms. The molecule has 0 aliphatic rings. The summed E-state index contributed by atoms with van der Waals surface area (Å²) in [6, 6.07) is 0. The fourth-order valence-corrected chi connectivity index (χ4v) is 4.63. The van der Waals surface area contributed by atoms with Crippen LogP contribution in [0.1, 0.15) is 6.92 Å². The van der Waals surface area contributed by atoms with E-state index in [1.54, 1.807) is 0 Å². The summed E-state index contributed by atoms with van der Waals surface area (Å²) >= 11 is 0. The van der Waals surface area contributed by atoms with Crippen molar-refractivity contribution in [1.29, 1.82) is 0 Å². The van der Waals surface area contributed by atoms with E-state index in [1.165, 1.54) is 0 Å². The molecule has 0 aromatic carbocycles. The molecule has 0 N–H and O–H groups in total. The van der Waals surface area contributed by atoms with Crippen molar-refractivity contribution in [3.8, 4) is 0 Å². The van der Waals surface area contributed by atoms with Crippen LogP contribution in [0.4, 0.5) is 0 Å². The zero-order valence-electron chi connectivity index (χ0n) is 8.35. The van der Waals surface area contributed by atoms with Crippen LogP contribution in [0.25, 0.3) is 0 Å². The zero-order chi connectivity index (χ0) is 8.91. The van der Waals surface area contributed by atoms with Crippen LogP contribution in [0.15, 0.2) is 12.2 Å². The van der Waals surface area contributed by atoms with E-state index < -0.39 is 8.32 Å². The minimum atomic E-state index is -1.30. The summed E-state index contributed by atoms with van der Waals surface area (Å²) in [5.74, 6) is 0. The topological polar surface area (TPSA) is 9.23 Å². The van der Waals surface area contributed by atoms with E-state index >= 15 is 0 Å². The van der Waals surface area contributed by atoms with E-state index in [0.717, 1.165) is 0 Å². The average Bonchev–Trinajstić information content (AvgIpc) is 1.84. The van der Waals surface area contributed by atoms with Gasteiger partial charge >= 0.3 is 0 Å². The van der Waals surface area contributed by atoms with Crippen molar-refractivity contribution < 1.29 is 4.43 Å². The van der Waals surface area contributed by atoms with Crippen LogP contribution in [-0.4, -0.2) is 23.6 Å². The monoisotopic (exact) mass is 188 g/mol. The van der Waals surface area contributed by atoms with Crippen molar-refractivity contribution in [3.05, 3.63) is 12.2 Å². The maximum Gasteiger partial charge on any atom is 0.184 e. The molecule has 1 nitrogen and oxygen atoms in total. The first-order valence-electron chi connectivity index (χ1n) is 4.30. The lowest BCUT2D eigenvalue weighted by molar-refractivity contribution is 0.316. The van der Waals surface area contributed by atoms with Gasteiger partial charge in [-0.15, -0.1) is 0 Å². The summed E-state index contributed by atoms with van der Waals surface area (Å²) in [5.41, 5.74) is 0.478. The molecule has 0 saturated carbocycles. The molecule has 0 radical (unpaired) electrons. The molecular formula is C8H20OSi2. The summed E-state index contributed by atoms with van der Waals surface area (Å²) in [4.78, 5) is 0. The number of allylic oxidation sites excluding steroid dienone is 1. The Morgan fingerprint density at radius 1 is 1.36 bits per heavy atom. The van der Waals surface area contributed by atoms with Crippen molar-refractivity contribution >= 4 is 17.8 Å². The van der Waals surface area contributed by atoms with E-state index in [0.29, 0.717) is 5.73 Å². The maximum atomic E-state index is 5.94. The van der Waals surface area contributed by atoms with Gasteiger partial charge in [-0.25, -0.2) is 0 Å². The smallest absolute Gasteiger partial charge is 0.184 e. The zero-order valence-corrected chi connectivity index (χ0v) is 10.8. The minimum absolute atomic E-state index is 0.0371. The molecule has 0 aliphatic carbocycles. The van der Waals surface area contributed by atoms with Gasteiger partial charge in [0.1, 0.15) is 0 Å². The molecule has 0 aromatic heterocycles. The fourth-order valence-electron chi connectivity index (χ4n) is 0.927. The van der Waals surface area contributed by atoms with Crippen molar-refractivity contribution in [3.63, 3.8) is 0 Å². The molecule has 1 unspecified atom stereocenters. The average molecular weight is 188 g/mol. The predicted molar refractivity (Wildman–Crippen MR) is 57.4 cm³/mol. The summed E-state index contributed by atoms with van der Waals surface area (Å²) in [7, 11) is -1.33. The van der Waals surface area contributed by atoms with Crippen molar-refractivity contribution in [2.45, 2.75) is 38.8 Å². The third-order valence-electron chi connectivity index (χ3n) is 1.31. The van der Waals surface area contributed by atoms with Gasteiger partial charge < -0.3 is 4.43 Å². The van der Waals surface area contributed by atoms with E-state index in [-0.39, 0.29) is 9.52 Å². The van der Waals surface area contributed by atoms with Crippen molar-refractivity contribution in [1.82, 2.24) is 0 Å². The van der Waals surface area contributed by atoms with E-state index in [4.69, 9.17) is 4.43 Å². The van der Waals surface area contributed by atoms with Crippen LogP contribution in [0.3, 0.4) is 0 Å². The fraction of sp³-hybridized carbons (Fsp3) is 0.750. The Bertz CT molecular complexity index is 127. The van der Waals surface area contributed by atoms with Gasteiger partial charge in [0.15, 0.2) is 8.32 Å². The third-order valence-corrected chi connectivity index (χ3v) is 3.90. The lowest BCUT2D eigenvalue weighted by atomic mass is 10.5. The van der Waals surface area contributed by atoms with Crippen LogP contribution in [0.2, 0.25) is 26.2 Å². The summed E-state index contributed by atoms with van der Waals surface area (Å²) in [6.45, 7) is 11.1.